The summed E-state index contributed by atoms with van der Waals surface area (Å²) in [5, 5.41) is 11.8. The number of rotatable bonds is 4. The van der Waals surface area contributed by atoms with E-state index in [1.807, 2.05) is 37.3 Å². The lowest BCUT2D eigenvalue weighted by atomic mass is 10.0. The Morgan fingerprint density at radius 1 is 1.31 bits per heavy atom. The maximum Gasteiger partial charge on any atom is 0.240 e. The molecule has 1 aliphatic rings. The number of nitrogens with zero attached hydrogens (tertiary/aromatic N) is 3. The van der Waals surface area contributed by atoms with Gasteiger partial charge in [0, 0.05) is 0 Å². The number of halogens is 2. The number of carbonyl (C=O) groups excluding carboxylic acids is 1. The molecule has 2 N–H and O–H groups in total. The lowest BCUT2D eigenvalue weighted by molar-refractivity contribution is -0.116. The zero-order valence-electron chi connectivity index (χ0n) is 15.5. The van der Waals surface area contributed by atoms with Gasteiger partial charge in [-0.2, -0.15) is 0 Å². The SMILES string of the molecule is COc1ccc([C@H]2Nn3c(C)nnc3S[C@H]2C(=O)Nc2ccccc2Cl)cc1Br. The standard InChI is InChI=1S/C19H17BrClN5O2S/c1-10-23-24-19-26(10)25-16(11-7-8-15(28-2)12(20)9-11)17(29-19)18(27)22-14-6-4-3-5-13(14)21/h3-9,16-17,25H,1-2H3,(H,22,27)/t16-,17-/m1/s1. The van der Waals surface area contributed by atoms with Crippen LogP contribution in [0.3, 0.4) is 0 Å². The van der Waals surface area contributed by atoms with Gasteiger partial charge in [0.2, 0.25) is 11.1 Å². The summed E-state index contributed by atoms with van der Waals surface area (Å²) in [6, 6.07) is 12.6. The summed E-state index contributed by atoms with van der Waals surface area (Å²) in [6.45, 7) is 1.86. The Morgan fingerprint density at radius 2 is 2.10 bits per heavy atom. The number of amides is 1. The normalized spacial score (nSPS) is 17.9. The fourth-order valence-electron chi connectivity index (χ4n) is 3.05. The number of thioether (sulfide) groups is 1. The van der Waals surface area contributed by atoms with Crippen molar-refractivity contribution in [2.75, 3.05) is 17.9 Å². The van der Waals surface area contributed by atoms with Gasteiger partial charge >= 0.3 is 0 Å². The fraction of sp³-hybridized carbons (Fsp3) is 0.211. The van der Waals surface area contributed by atoms with Crippen molar-refractivity contribution in [3.8, 4) is 5.75 Å². The molecule has 29 heavy (non-hydrogen) atoms. The van der Waals surface area contributed by atoms with Crippen molar-refractivity contribution < 1.29 is 9.53 Å². The quantitative estimate of drug-likeness (QED) is 0.559. The van der Waals surface area contributed by atoms with E-state index in [2.05, 4.69) is 36.9 Å². The van der Waals surface area contributed by atoms with Crippen LogP contribution in [0, 0.1) is 6.92 Å². The van der Waals surface area contributed by atoms with Crippen LogP contribution in [0.4, 0.5) is 5.69 Å². The number of ether oxygens (including phenoxy) is 1. The number of nitrogens with one attached hydrogen (secondary N) is 2. The Morgan fingerprint density at radius 3 is 2.83 bits per heavy atom. The molecule has 0 saturated carbocycles. The molecule has 1 amide bonds. The summed E-state index contributed by atoms with van der Waals surface area (Å²) in [5.74, 6) is 1.25. The Hall–Kier alpha value is -2.23. The van der Waals surface area contributed by atoms with Crippen molar-refractivity contribution in [3.05, 3.63) is 63.3 Å². The Balaban J connectivity index is 1.70. The van der Waals surface area contributed by atoms with Crippen LogP contribution >= 0.6 is 39.3 Å². The summed E-state index contributed by atoms with van der Waals surface area (Å²) in [5.41, 5.74) is 4.86. The molecule has 0 unspecified atom stereocenters. The van der Waals surface area contributed by atoms with E-state index in [9.17, 15) is 4.79 Å². The minimum atomic E-state index is -0.498. The van der Waals surface area contributed by atoms with Gasteiger partial charge in [-0.15, -0.1) is 10.2 Å². The summed E-state index contributed by atoms with van der Waals surface area (Å²) in [4.78, 5) is 13.2. The number of anilines is 1. The van der Waals surface area contributed by atoms with Crippen molar-refractivity contribution in [1.82, 2.24) is 14.9 Å². The molecular weight excluding hydrogens is 478 g/mol. The average Bonchev–Trinajstić information content (AvgIpc) is 3.08. The van der Waals surface area contributed by atoms with E-state index in [1.54, 1.807) is 23.9 Å². The van der Waals surface area contributed by atoms with Crippen LogP contribution in [-0.4, -0.2) is 33.1 Å². The van der Waals surface area contributed by atoms with Crippen LogP contribution in [0.5, 0.6) is 5.75 Å². The Bertz CT molecular complexity index is 1080. The summed E-state index contributed by atoms with van der Waals surface area (Å²) in [6.07, 6.45) is 0. The monoisotopic (exact) mass is 493 g/mol. The van der Waals surface area contributed by atoms with Gasteiger partial charge in [0.15, 0.2) is 0 Å². The van der Waals surface area contributed by atoms with E-state index in [0.29, 0.717) is 15.9 Å². The number of methoxy groups -OCH3 is 1. The molecular formula is C19H17BrClN5O2S. The molecule has 10 heteroatoms. The minimum Gasteiger partial charge on any atom is -0.496 e. The first kappa shape index (κ1) is 20.1. The number of aryl methyl sites for hydroxylation is 1. The maximum atomic E-state index is 13.2. The maximum absolute atomic E-state index is 13.2. The van der Waals surface area contributed by atoms with E-state index in [1.165, 1.54) is 11.8 Å². The number of hydrogen-bond donors (Lipinski definition) is 2. The van der Waals surface area contributed by atoms with Crippen molar-refractivity contribution in [3.63, 3.8) is 0 Å². The van der Waals surface area contributed by atoms with Crippen molar-refractivity contribution in [2.45, 2.75) is 23.4 Å². The van der Waals surface area contributed by atoms with Crippen LogP contribution < -0.4 is 15.5 Å². The van der Waals surface area contributed by atoms with Crippen LogP contribution in [0.1, 0.15) is 17.4 Å². The fourth-order valence-corrected chi connectivity index (χ4v) is 4.92. The highest BCUT2D eigenvalue weighted by Crippen LogP contribution is 2.39. The number of hydrogen-bond acceptors (Lipinski definition) is 6. The van der Waals surface area contributed by atoms with Gasteiger partial charge in [0.25, 0.3) is 0 Å². The molecule has 1 aromatic heterocycles. The predicted molar refractivity (Wildman–Crippen MR) is 117 cm³/mol. The van der Waals surface area contributed by atoms with Gasteiger partial charge in [-0.05, 0) is 52.7 Å². The molecule has 2 heterocycles. The highest BCUT2D eigenvalue weighted by molar-refractivity contribution is 9.10. The van der Waals surface area contributed by atoms with E-state index < -0.39 is 5.25 Å². The first-order valence-electron chi connectivity index (χ1n) is 8.72. The average molecular weight is 495 g/mol. The molecule has 0 bridgehead atoms. The summed E-state index contributed by atoms with van der Waals surface area (Å²) in [7, 11) is 1.61. The van der Waals surface area contributed by atoms with Crippen molar-refractivity contribution >= 4 is 50.9 Å². The third kappa shape index (κ3) is 3.94. The molecule has 3 aromatic rings. The molecule has 2 atom stereocenters. The van der Waals surface area contributed by atoms with Crippen LogP contribution in [0.15, 0.2) is 52.1 Å². The Labute approximate surface area is 185 Å². The smallest absolute Gasteiger partial charge is 0.240 e. The van der Waals surface area contributed by atoms with Gasteiger partial charge < -0.3 is 15.5 Å². The molecule has 150 valence electrons. The van der Waals surface area contributed by atoms with E-state index >= 15 is 0 Å². The molecule has 0 radical (unpaired) electrons. The summed E-state index contributed by atoms with van der Waals surface area (Å²) >= 11 is 11.1. The molecule has 0 spiro atoms. The topological polar surface area (TPSA) is 81.1 Å². The van der Waals surface area contributed by atoms with Crippen molar-refractivity contribution in [2.24, 2.45) is 0 Å². The molecule has 2 aromatic carbocycles. The molecule has 0 saturated heterocycles. The number of fused-ring (bicyclic) bond motifs is 1. The molecule has 7 nitrogen and oxygen atoms in total. The molecule has 0 fully saturated rings. The second kappa shape index (κ2) is 8.25. The highest BCUT2D eigenvalue weighted by Gasteiger charge is 2.37. The number of benzene rings is 2. The van der Waals surface area contributed by atoms with Crippen LogP contribution in [0.25, 0.3) is 0 Å². The Kier molecular flexibility index (Phi) is 5.71. The zero-order valence-corrected chi connectivity index (χ0v) is 18.7. The second-order valence-corrected chi connectivity index (χ2v) is 8.74. The van der Waals surface area contributed by atoms with Gasteiger partial charge in [-0.3, -0.25) is 4.79 Å². The number of carbonyl (C=O) groups is 1. The largest absolute Gasteiger partial charge is 0.496 e. The minimum absolute atomic E-state index is 0.181. The lowest BCUT2D eigenvalue weighted by Crippen LogP contribution is -2.41. The van der Waals surface area contributed by atoms with Crippen molar-refractivity contribution in [1.29, 1.82) is 0 Å². The van der Waals surface area contributed by atoms with Gasteiger partial charge in [-0.25, -0.2) is 4.68 Å². The number of para-hydroxylation sites is 1. The lowest BCUT2D eigenvalue weighted by Gasteiger charge is -2.33. The van der Waals surface area contributed by atoms with Gasteiger partial charge in [0.1, 0.15) is 16.8 Å². The highest BCUT2D eigenvalue weighted by atomic mass is 79.9. The van der Waals surface area contributed by atoms with Crippen LogP contribution in [-0.2, 0) is 4.79 Å². The van der Waals surface area contributed by atoms with E-state index in [4.69, 9.17) is 16.3 Å². The zero-order chi connectivity index (χ0) is 20.5. The molecule has 0 aliphatic carbocycles. The number of aromatic nitrogens is 3. The third-order valence-corrected chi connectivity index (χ3v) is 6.69. The predicted octanol–water partition coefficient (Wildman–Crippen LogP) is 4.41. The third-order valence-electron chi connectivity index (χ3n) is 4.52. The molecule has 1 aliphatic heterocycles. The van der Waals surface area contributed by atoms with E-state index in [0.717, 1.165) is 21.6 Å². The summed E-state index contributed by atoms with van der Waals surface area (Å²) < 4.78 is 7.93. The first-order valence-corrected chi connectivity index (χ1v) is 10.8. The molecule has 4 rings (SSSR count). The second-order valence-electron chi connectivity index (χ2n) is 6.37. The van der Waals surface area contributed by atoms with Crippen LogP contribution in [0.2, 0.25) is 5.02 Å². The van der Waals surface area contributed by atoms with E-state index in [-0.39, 0.29) is 11.9 Å². The van der Waals surface area contributed by atoms with Gasteiger partial charge in [-0.1, -0.05) is 41.6 Å². The first-order chi connectivity index (χ1) is 14.0. The van der Waals surface area contributed by atoms with Gasteiger partial charge in [0.05, 0.1) is 28.3 Å².